The topological polar surface area (TPSA) is 74.8 Å². The summed E-state index contributed by atoms with van der Waals surface area (Å²) in [6.45, 7) is 3.34. The molecule has 0 saturated carbocycles. The fourth-order valence-corrected chi connectivity index (χ4v) is 4.94. The van der Waals surface area contributed by atoms with E-state index in [1.165, 1.54) is 37.3 Å². The predicted octanol–water partition coefficient (Wildman–Crippen LogP) is 5.47. The van der Waals surface area contributed by atoms with Crippen LogP contribution < -0.4 is 0 Å². The number of hydrogen-bond acceptors (Lipinski definition) is 4. The number of halogens is 3. The first kappa shape index (κ1) is 24.5. The highest BCUT2D eigenvalue weighted by Gasteiger charge is 2.54. The van der Waals surface area contributed by atoms with Gasteiger partial charge in [-0.25, -0.2) is 5.01 Å². The molecule has 0 radical (unpaired) electrons. The Balaban J connectivity index is 1.78. The number of carbonyl (C=O) groups is 4. The molecule has 0 unspecified atom stereocenters. The Morgan fingerprint density at radius 1 is 0.971 bits per heavy atom. The number of allylic oxidation sites excluding steroid dienone is 2. The summed E-state index contributed by atoms with van der Waals surface area (Å²) in [6, 6.07) is 9.23. The predicted molar refractivity (Wildman–Crippen MR) is 130 cm³/mol. The van der Waals surface area contributed by atoms with Crippen molar-refractivity contribution in [2.75, 3.05) is 0 Å². The first-order valence-electron chi connectivity index (χ1n) is 10.7. The molecule has 0 spiro atoms. The Morgan fingerprint density at radius 3 is 2.24 bits per heavy atom. The van der Waals surface area contributed by atoms with Crippen LogP contribution in [0, 0.1) is 17.8 Å². The zero-order valence-electron chi connectivity index (χ0n) is 18.4. The van der Waals surface area contributed by atoms with Gasteiger partial charge in [0.05, 0.1) is 21.9 Å². The first-order valence-corrected chi connectivity index (χ1v) is 11.9. The van der Waals surface area contributed by atoms with Gasteiger partial charge in [-0.15, -0.1) is 0 Å². The molecule has 6 nitrogen and oxygen atoms in total. The van der Waals surface area contributed by atoms with Gasteiger partial charge in [0.2, 0.25) is 0 Å². The zero-order valence-corrected chi connectivity index (χ0v) is 20.6. The lowest BCUT2D eigenvalue weighted by Crippen LogP contribution is -2.56. The Labute approximate surface area is 212 Å². The molecule has 1 aliphatic carbocycles. The van der Waals surface area contributed by atoms with Gasteiger partial charge in [0.25, 0.3) is 17.7 Å². The summed E-state index contributed by atoms with van der Waals surface area (Å²) in [5.74, 6) is -3.54. The van der Waals surface area contributed by atoms with E-state index in [0.29, 0.717) is 11.4 Å². The van der Waals surface area contributed by atoms with Gasteiger partial charge in [-0.3, -0.25) is 19.2 Å². The van der Waals surface area contributed by atoms with Crippen molar-refractivity contribution in [3.05, 3.63) is 80.8 Å². The van der Waals surface area contributed by atoms with E-state index in [1.807, 2.05) is 19.1 Å². The molecule has 0 bridgehead atoms. The fraction of sp³-hybridized carbons (Fsp3) is 0.280. The maximum atomic E-state index is 13.7. The number of carbonyl (C=O) groups excluding carboxylic acids is 4. The van der Waals surface area contributed by atoms with Crippen LogP contribution >= 0.6 is 34.8 Å². The molecular formula is C25H21Cl3N2O4. The molecule has 176 valence electrons. The molecule has 1 saturated heterocycles. The van der Waals surface area contributed by atoms with Gasteiger partial charge < -0.3 is 0 Å². The molecule has 2 aliphatic rings. The average Bonchev–Trinajstić information content (AvgIpc) is 3.07. The number of fused-ring (bicyclic) bond motifs is 1. The summed E-state index contributed by atoms with van der Waals surface area (Å²) in [7, 11) is 0. The summed E-state index contributed by atoms with van der Waals surface area (Å²) in [4.78, 5) is 53.9. The van der Waals surface area contributed by atoms with Crippen molar-refractivity contribution in [3.8, 4) is 0 Å². The number of amides is 3. The minimum atomic E-state index is -1.17. The van der Waals surface area contributed by atoms with E-state index in [-0.39, 0.29) is 27.1 Å². The zero-order chi connectivity index (χ0) is 24.7. The van der Waals surface area contributed by atoms with E-state index in [1.54, 1.807) is 12.1 Å². The summed E-state index contributed by atoms with van der Waals surface area (Å²) < 4.78 is 0. The van der Waals surface area contributed by atoms with Gasteiger partial charge in [-0.2, -0.15) is 5.01 Å². The lowest BCUT2D eigenvalue weighted by atomic mass is 9.78. The van der Waals surface area contributed by atoms with E-state index in [9.17, 15) is 19.2 Å². The molecule has 1 fully saturated rings. The maximum absolute atomic E-state index is 13.7. The molecule has 2 aromatic rings. The van der Waals surface area contributed by atoms with Crippen molar-refractivity contribution in [2.45, 2.75) is 26.3 Å². The molecule has 0 N–H and O–H groups in total. The van der Waals surface area contributed by atoms with Gasteiger partial charge in [0.15, 0.2) is 5.78 Å². The number of ketones is 1. The molecule has 3 amide bonds. The van der Waals surface area contributed by atoms with E-state index in [4.69, 9.17) is 34.8 Å². The quantitative estimate of drug-likeness (QED) is 0.298. The highest BCUT2D eigenvalue weighted by molar-refractivity contribution is 6.42. The van der Waals surface area contributed by atoms with Crippen LogP contribution in [-0.4, -0.2) is 39.6 Å². The molecule has 4 atom stereocenters. The molecule has 2 aromatic carbocycles. The van der Waals surface area contributed by atoms with Gasteiger partial charge in [-0.1, -0.05) is 53.9 Å². The third-order valence-corrected chi connectivity index (χ3v) is 7.31. The summed E-state index contributed by atoms with van der Waals surface area (Å²) in [6.07, 6.45) is 4.15. The Morgan fingerprint density at radius 2 is 1.62 bits per heavy atom. The lowest BCUT2D eigenvalue weighted by Gasteiger charge is -2.35. The van der Waals surface area contributed by atoms with Crippen molar-refractivity contribution < 1.29 is 19.2 Å². The molecule has 0 aromatic heterocycles. The van der Waals surface area contributed by atoms with Crippen LogP contribution in [0.2, 0.25) is 15.1 Å². The highest BCUT2D eigenvalue weighted by atomic mass is 35.5. The minimum Gasteiger partial charge on any atom is -0.292 e. The van der Waals surface area contributed by atoms with Gasteiger partial charge in [-0.05, 0) is 61.7 Å². The van der Waals surface area contributed by atoms with Crippen LogP contribution in [0.4, 0.5) is 0 Å². The maximum Gasteiger partial charge on any atom is 0.273 e. The number of imide groups is 1. The summed E-state index contributed by atoms with van der Waals surface area (Å²) in [5.41, 5.74) is 0.377. The summed E-state index contributed by atoms with van der Waals surface area (Å²) in [5, 5.41) is 2.63. The third-order valence-electron chi connectivity index (χ3n) is 6.31. The van der Waals surface area contributed by atoms with Crippen molar-refractivity contribution in [1.82, 2.24) is 10.0 Å². The van der Waals surface area contributed by atoms with E-state index < -0.39 is 41.4 Å². The second-order valence-electron chi connectivity index (χ2n) is 8.47. The standard InChI is InChI=1S/C25H21Cl3N2O4/c1-13-4-3-5-18-21(13)25(34)30(24(18)33)29(23(32)16-8-11-19(27)20(28)12-16)14(2)22(31)15-6-9-17(26)10-7-15/h3-4,6-14,18,21H,5H2,1-2H3/t13-,14-,18+,21-/m1/s1. The van der Waals surface area contributed by atoms with Crippen LogP contribution in [0.15, 0.2) is 54.6 Å². The lowest BCUT2D eigenvalue weighted by molar-refractivity contribution is -0.156. The molecular weight excluding hydrogens is 499 g/mol. The van der Waals surface area contributed by atoms with Crippen LogP contribution in [0.3, 0.4) is 0 Å². The van der Waals surface area contributed by atoms with E-state index in [2.05, 4.69) is 0 Å². The van der Waals surface area contributed by atoms with Crippen molar-refractivity contribution in [2.24, 2.45) is 17.8 Å². The van der Waals surface area contributed by atoms with Crippen molar-refractivity contribution in [1.29, 1.82) is 0 Å². The van der Waals surface area contributed by atoms with Crippen LogP contribution in [0.25, 0.3) is 0 Å². The third kappa shape index (κ3) is 4.26. The average molecular weight is 520 g/mol. The van der Waals surface area contributed by atoms with Gasteiger partial charge in [0, 0.05) is 16.1 Å². The van der Waals surface area contributed by atoms with Gasteiger partial charge >= 0.3 is 0 Å². The van der Waals surface area contributed by atoms with E-state index >= 15 is 0 Å². The van der Waals surface area contributed by atoms with Crippen molar-refractivity contribution >= 4 is 58.3 Å². The molecule has 9 heteroatoms. The number of Topliss-reactive ketones (excluding diaryl/α,β-unsaturated/α-hetero) is 1. The molecule has 4 rings (SSSR count). The normalized spacial score (nSPS) is 22.5. The Hall–Kier alpha value is -2.67. The monoisotopic (exact) mass is 518 g/mol. The number of nitrogens with zero attached hydrogens (tertiary/aromatic N) is 2. The molecule has 34 heavy (non-hydrogen) atoms. The molecule has 1 aliphatic heterocycles. The number of hydrogen-bond donors (Lipinski definition) is 0. The number of benzene rings is 2. The Kier molecular flexibility index (Phi) is 6.85. The number of hydrazine groups is 1. The second kappa shape index (κ2) is 9.53. The van der Waals surface area contributed by atoms with Crippen LogP contribution in [-0.2, 0) is 9.59 Å². The van der Waals surface area contributed by atoms with Gasteiger partial charge in [0.1, 0.15) is 6.04 Å². The fourth-order valence-electron chi connectivity index (χ4n) is 4.51. The first-order chi connectivity index (χ1) is 16.1. The number of rotatable bonds is 5. The highest BCUT2D eigenvalue weighted by Crippen LogP contribution is 2.40. The second-order valence-corrected chi connectivity index (χ2v) is 9.72. The van der Waals surface area contributed by atoms with E-state index in [0.717, 1.165) is 10.0 Å². The SMILES string of the molecule is C[C@@H]1C=CC[C@@H]2C(=O)N(N(C(=O)c3ccc(Cl)c(Cl)c3)[C@H](C)C(=O)c3ccc(Cl)cc3)C(=O)[C@H]12. The molecule has 1 heterocycles. The van der Waals surface area contributed by atoms with Crippen LogP contribution in [0.5, 0.6) is 0 Å². The minimum absolute atomic E-state index is 0.0896. The Bertz CT molecular complexity index is 1210. The summed E-state index contributed by atoms with van der Waals surface area (Å²) >= 11 is 18.0. The van der Waals surface area contributed by atoms with Crippen molar-refractivity contribution in [3.63, 3.8) is 0 Å². The van der Waals surface area contributed by atoms with Crippen LogP contribution in [0.1, 0.15) is 41.0 Å². The largest absolute Gasteiger partial charge is 0.292 e. The smallest absolute Gasteiger partial charge is 0.273 e.